The van der Waals surface area contributed by atoms with Crippen LogP contribution < -0.4 is 0 Å². The van der Waals surface area contributed by atoms with Gasteiger partial charge in [-0.15, -0.1) is 0 Å². The van der Waals surface area contributed by atoms with Crippen LogP contribution in [0.25, 0.3) is 12.2 Å². The number of carboxylic acid groups (broad SMARTS) is 1. The molecule has 0 aliphatic carbocycles. The molecule has 90 valence electrons. The van der Waals surface area contributed by atoms with Gasteiger partial charge >= 0.3 is 5.97 Å². The molecule has 0 aliphatic rings. The maximum atomic E-state index is 11.0. The summed E-state index contributed by atoms with van der Waals surface area (Å²) in [5.74, 6) is -0.966. The Labute approximate surface area is 105 Å². The molecule has 3 heteroatoms. The van der Waals surface area contributed by atoms with Crippen molar-refractivity contribution >= 4 is 18.1 Å². The summed E-state index contributed by atoms with van der Waals surface area (Å²) in [6.07, 6.45) is 5.16. The number of hydrogen-bond acceptors (Lipinski definition) is 2. The third-order valence-electron chi connectivity index (χ3n) is 2.58. The lowest BCUT2D eigenvalue weighted by atomic mass is 10.1. The molecular weight excluding hydrogens is 226 g/mol. The van der Waals surface area contributed by atoms with Crippen LogP contribution in [0.3, 0.4) is 0 Å². The topological polar surface area (TPSA) is 50.2 Å². The Bertz CT molecular complexity index is 586. The van der Waals surface area contributed by atoms with Gasteiger partial charge in [-0.25, -0.2) is 4.79 Å². The SMILES string of the molecule is Cc1ccc(C=Cc2ncccc2C(=O)O)cc1. The van der Waals surface area contributed by atoms with E-state index >= 15 is 0 Å². The lowest BCUT2D eigenvalue weighted by Gasteiger charge is -1.99. The lowest BCUT2D eigenvalue weighted by molar-refractivity contribution is 0.0696. The van der Waals surface area contributed by atoms with Crippen LogP contribution in [0.1, 0.15) is 27.2 Å². The summed E-state index contributed by atoms with van der Waals surface area (Å²) in [6, 6.07) is 11.1. The van der Waals surface area contributed by atoms with Crippen molar-refractivity contribution in [2.75, 3.05) is 0 Å². The highest BCUT2D eigenvalue weighted by atomic mass is 16.4. The average molecular weight is 239 g/mol. The first-order valence-corrected chi connectivity index (χ1v) is 5.60. The van der Waals surface area contributed by atoms with Crippen LogP contribution in [-0.4, -0.2) is 16.1 Å². The Hall–Kier alpha value is -2.42. The van der Waals surface area contributed by atoms with Gasteiger partial charge in [0, 0.05) is 6.20 Å². The molecule has 0 unspecified atom stereocenters. The quantitative estimate of drug-likeness (QED) is 0.894. The number of aromatic carboxylic acids is 1. The number of aromatic nitrogens is 1. The highest BCUT2D eigenvalue weighted by Gasteiger charge is 2.07. The summed E-state index contributed by atoms with van der Waals surface area (Å²) < 4.78 is 0. The molecule has 0 saturated carbocycles. The van der Waals surface area contributed by atoms with Crippen LogP contribution in [0.2, 0.25) is 0 Å². The molecule has 2 rings (SSSR count). The third kappa shape index (κ3) is 2.83. The van der Waals surface area contributed by atoms with Crippen LogP contribution in [0.5, 0.6) is 0 Å². The Morgan fingerprint density at radius 1 is 1.17 bits per heavy atom. The van der Waals surface area contributed by atoms with Gasteiger partial charge in [0.25, 0.3) is 0 Å². The Kier molecular flexibility index (Phi) is 3.53. The van der Waals surface area contributed by atoms with E-state index in [4.69, 9.17) is 5.11 Å². The molecule has 1 aromatic heterocycles. The standard InChI is InChI=1S/C15H13NO2/c1-11-4-6-12(7-5-11)8-9-14-13(15(17)18)3-2-10-16-14/h2-10H,1H3,(H,17,18). The summed E-state index contributed by atoms with van der Waals surface area (Å²) in [6.45, 7) is 2.02. The molecule has 0 radical (unpaired) electrons. The molecular formula is C15H13NO2. The summed E-state index contributed by atoms with van der Waals surface area (Å²) >= 11 is 0. The first kappa shape index (κ1) is 12.0. The molecule has 0 saturated heterocycles. The first-order valence-electron chi connectivity index (χ1n) is 5.60. The largest absolute Gasteiger partial charge is 0.478 e. The van der Waals surface area contributed by atoms with Gasteiger partial charge < -0.3 is 5.11 Å². The fourth-order valence-corrected chi connectivity index (χ4v) is 1.58. The van der Waals surface area contributed by atoms with Crippen LogP contribution in [0.15, 0.2) is 42.6 Å². The third-order valence-corrected chi connectivity index (χ3v) is 2.58. The van der Waals surface area contributed by atoms with E-state index in [-0.39, 0.29) is 5.56 Å². The van der Waals surface area contributed by atoms with Crippen molar-refractivity contribution in [3.05, 3.63) is 65.0 Å². The van der Waals surface area contributed by atoms with E-state index < -0.39 is 5.97 Å². The Morgan fingerprint density at radius 3 is 2.56 bits per heavy atom. The van der Waals surface area contributed by atoms with Crippen molar-refractivity contribution in [2.45, 2.75) is 6.92 Å². The number of rotatable bonds is 3. The molecule has 1 N–H and O–H groups in total. The van der Waals surface area contributed by atoms with E-state index in [2.05, 4.69) is 4.98 Å². The number of benzene rings is 1. The van der Waals surface area contributed by atoms with Crippen LogP contribution in [0.4, 0.5) is 0 Å². The molecule has 0 spiro atoms. The summed E-state index contributed by atoms with van der Waals surface area (Å²) in [7, 11) is 0. The van der Waals surface area contributed by atoms with Crippen molar-refractivity contribution < 1.29 is 9.90 Å². The van der Waals surface area contributed by atoms with Gasteiger partial charge in [0.15, 0.2) is 0 Å². The zero-order chi connectivity index (χ0) is 13.0. The van der Waals surface area contributed by atoms with E-state index in [1.54, 1.807) is 24.4 Å². The zero-order valence-electron chi connectivity index (χ0n) is 10.00. The molecule has 0 fully saturated rings. The highest BCUT2D eigenvalue weighted by Crippen LogP contribution is 2.11. The van der Waals surface area contributed by atoms with Crippen molar-refractivity contribution in [1.29, 1.82) is 0 Å². The van der Waals surface area contributed by atoms with Gasteiger partial charge in [-0.2, -0.15) is 0 Å². The molecule has 1 aromatic carbocycles. The maximum absolute atomic E-state index is 11.0. The normalized spacial score (nSPS) is 10.7. The second kappa shape index (κ2) is 5.27. The zero-order valence-corrected chi connectivity index (χ0v) is 10.00. The molecule has 0 bridgehead atoms. The number of nitrogens with zero attached hydrogens (tertiary/aromatic N) is 1. The molecule has 3 nitrogen and oxygen atoms in total. The first-order chi connectivity index (χ1) is 8.66. The fraction of sp³-hybridized carbons (Fsp3) is 0.0667. The van der Waals surface area contributed by atoms with Gasteiger partial charge in [0.1, 0.15) is 0 Å². The minimum atomic E-state index is -0.966. The van der Waals surface area contributed by atoms with Gasteiger partial charge in [0.2, 0.25) is 0 Å². The smallest absolute Gasteiger partial charge is 0.337 e. The van der Waals surface area contributed by atoms with E-state index in [0.717, 1.165) is 5.56 Å². The second-order valence-electron chi connectivity index (χ2n) is 3.99. The fourth-order valence-electron chi connectivity index (χ4n) is 1.58. The Morgan fingerprint density at radius 2 is 1.89 bits per heavy atom. The predicted molar refractivity (Wildman–Crippen MR) is 71.3 cm³/mol. The van der Waals surface area contributed by atoms with Crippen molar-refractivity contribution in [3.8, 4) is 0 Å². The van der Waals surface area contributed by atoms with Crippen LogP contribution >= 0.6 is 0 Å². The van der Waals surface area contributed by atoms with Gasteiger partial charge in [-0.05, 0) is 30.7 Å². The van der Waals surface area contributed by atoms with E-state index in [1.807, 2.05) is 37.3 Å². The van der Waals surface area contributed by atoms with Gasteiger partial charge in [0.05, 0.1) is 11.3 Å². The molecule has 18 heavy (non-hydrogen) atoms. The minimum Gasteiger partial charge on any atom is -0.478 e. The number of hydrogen-bond donors (Lipinski definition) is 1. The predicted octanol–water partition coefficient (Wildman–Crippen LogP) is 3.26. The summed E-state index contributed by atoms with van der Waals surface area (Å²) in [4.78, 5) is 15.1. The van der Waals surface area contributed by atoms with Crippen molar-refractivity contribution in [3.63, 3.8) is 0 Å². The Balaban J connectivity index is 2.29. The van der Waals surface area contributed by atoms with Crippen LogP contribution in [-0.2, 0) is 0 Å². The molecule has 0 amide bonds. The summed E-state index contributed by atoms with van der Waals surface area (Å²) in [5.41, 5.74) is 2.88. The van der Waals surface area contributed by atoms with E-state index in [0.29, 0.717) is 5.69 Å². The minimum absolute atomic E-state index is 0.209. The maximum Gasteiger partial charge on any atom is 0.337 e. The monoisotopic (exact) mass is 239 g/mol. The van der Waals surface area contributed by atoms with Crippen molar-refractivity contribution in [2.24, 2.45) is 0 Å². The van der Waals surface area contributed by atoms with E-state index in [9.17, 15) is 4.79 Å². The van der Waals surface area contributed by atoms with Crippen LogP contribution in [0, 0.1) is 6.92 Å². The lowest BCUT2D eigenvalue weighted by Crippen LogP contribution is -2.00. The van der Waals surface area contributed by atoms with Gasteiger partial charge in [-0.3, -0.25) is 4.98 Å². The van der Waals surface area contributed by atoms with Gasteiger partial charge in [-0.1, -0.05) is 35.9 Å². The number of carboxylic acids is 1. The van der Waals surface area contributed by atoms with E-state index in [1.165, 1.54) is 5.56 Å². The highest BCUT2D eigenvalue weighted by molar-refractivity contribution is 5.92. The molecule has 1 heterocycles. The second-order valence-corrected chi connectivity index (χ2v) is 3.99. The summed E-state index contributed by atoms with van der Waals surface area (Å²) in [5, 5.41) is 9.03. The number of aryl methyl sites for hydroxylation is 1. The molecule has 2 aromatic rings. The number of carbonyl (C=O) groups is 1. The molecule has 0 atom stereocenters. The molecule has 0 aliphatic heterocycles. The number of pyridine rings is 1. The average Bonchev–Trinajstić information content (AvgIpc) is 2.38. The van der Waals surface area contributed by atoms with Crippen molar-refractivity contribution in [1.82, 2.24) is 4.98 Å².